The van der Waals surface area contributed by atoms with Crippen LogP contribution in [-0.4, -0.2) is 0 Å². The van der Waals surface area contributed by atoms with E-state index < -0.39 is 0 Å². The second kappa shape index (κ2) is 4.10. The predicted molar refractivity (Wildman–Crippen MR) is 69.2 cm³/mol. The Morgan fingerprint density at radius 2 is 1.94 bits per heavy atom. The first-order valence-corrected chi connectivity index (χ1v) is 6.47. The minimum atomic E-state index is -0.0265. The molecular formula is C14H18OS. The van der Waals surface area contributed by atoms with Crippen molar-refractivity contribution in [1.82, 2.24) is 0 Å². The van der Waals surface area contributed by atoms with Crippen LogP contribution >= 0.6 is 11.3 Å². The topological polar surface area (TPSA) is 13.1 Å². The van der Waals surface area contributed by atoms with E-state index in [4.69, 9.17) is 4.42 Å². The van der Waals surface area contributed by atoms with Crippen LogP contribution in [-0.2, 0) is 5.41 Å². The maximum atomic E-state index is 5.53. The van der Waals surface area contributed by atoms with Crippen molar-refractivity contribution in [2.45, 2.75) is 39.0 Å². The van der Waals surface area contributed by atoms with Crippen molar-refractivity contribution in [2.24, 2.45) is 0 Å². The first kappa shape index (κ1) is 11.5. The zero-order chi connectivity index (χ0) is 11.8. The normalized spacial score (nSPS) is 12.3. The molecule has 0 unspecified atom stereocenters. The maximum Gasteiger partial charge on any atom is 0.114 e. The van der Waals surface area contributed by atoms with Gasteiger partial charge in [0.1, 0.15) is 5.76 Å². The molecule has 0 saturated heterocycles. The lowest BCUT2D eigenvalue weighted by Gasteiger charge is -2.20. The standard InChI is InChI=1S/C14H18OS/c1-10(2)11-7-8-13(16-11)14(3,4)12-6-5-9-15-12/h5-10H,1-4H3. The fourth-order valence-corrected chi connectivity index (χ4v) is 2.87. The second-order valence-corrected chi connectivity index (χ2v) is 6.07. The third-order valence-electron chi connectivity index (χ3n) is 2.95. The molecule has 0 saturated carbocycles. The SMILES string of the molecule is CC(C)c1ccc(C(C)(C)c2ccco2)s1. The summed E-state index contributed by atoms with van der Waals surface area (Å²) in [6.45, 7) is 8.88. The molecule has 16 heavy (non-hydrogen) atoms. The lowest BCUT2D eigenvalue weighted by atomic mass is 9.88. The molecule has 2 rings (SSSR count). The van der Waals surface area contributed by atoms with Crippen molar-refractivity contribution in [3.63, 3.8) is 0 Å². The van der Waals surface area contributed by atoms with Crippen molar-refractivity contribution in [2.75, 3.05) is 0 Å². The third kappa shape index (κ3) is 1.94. The summed E-state index contributed by atoms with van der Waals surface area (Å²) in [6, 6.07) is 8.46. The summed E-state index contributed by atoms with van der Waals surface area (Å²) in [7, 11) is 0. The van der Waals surface area contributed by atoms with Gasteiger partial charge in [-0.15, -0.1) is 11.3 Å². The minimum absolute atomic E-state index is 0.0265. The van der Waals surface area contributed by atoms with E-state index in [9.17, 15) is 0 Å². The molecule has 0 fully saturated rings. The second-order valence-electron chi connectivity index (χ2n) is 4.96. The highest BCUT2D eigenvalue weighted by molar-refractivity contribution is 7.12. The van der Waals surface area contributed by atoms with E-state index >= 15 is 0 Å². The highest BCUT2D eigenvalue weighted by Crippen LogP contribution is 2.37. The molecule has 2 heteroatoms. The summed E-state index contributed by atoms with van der Waals surface area (Å²) < 4.78 is 5.53. The van der Waals surface area contributed by atoms with Gasteiger partial charge in [-0.1, -0.05) is 13.8 Å². The molecule has 0 atom stereocenters. The molecule has 0 aliphatic rings. The monoisotopic (exact) mass is 234 g/mol. The van der Waals surface area contributed by atoms with Crippen LogP contribution in [0.15, 0.2) is 34.9 Å². The summed E-state index contributed by atoms with van der Waals surface area (Å²) in [5.41, 5.74) is -0.0265. The molecule has 0 radical (unpaired) electrons. The number of hydrogen-bond donors (Lipinski definition) is 0. The van der Waals surface area contributed by atoms with E-state index in [0.717, 1.165) is 5.76 Å². The van der Waals surface area contributed by atoms with Gasteiger partial charge in [0.2, 0.25) is 0 Å². The van der Waals surface area contributed by atoms with Gasteiger partial charge in [-0.3, -0.25) is 0 Å². The number of furan rings is 1. The van der Waals surface area contributed by atoms with E-state index in [1.807, 2.05) is 17.4 Å². The van der Waals surface area contributed by atoms with Crippen LogP contribution in [0.25, 0.3) is 0 Å². The zero-order valence-corrected chi connectivity index (χ0v) is 11.1. The Morgan fingerprint density at radius 3 is 2.44 bits per heavy atom. The van der Waals surface area contributed by atoms with E-state index in [-0.39, 0.29) is 5.41 Å². The van der Waals surface area contributed by atoms with Crippen LogP contribution in [0.3, 0.4) is 0 Å². The lowest BCUT2D eigenvalue weighted by Crippen LogP contribution is -2.15. The lowest BCUT2D eigenvalue weighted by molar-refractivity contribution is 0.434. The van der Waals surface area contributed by atoms with Gasteiger partial charge in [0.25, 0.3) is 0 Å². The summed E-state index contributed by atoms with van der Waals surface area (Å²) >= 11 is 1.89. The van der Waals surface area contributed by atoms with E-state index in [0.29, 0.717) is 5.92 Å². The first-order chi connectivity index (χ1) is 7.51. The minimum Gasteiger partial charge on any atom is -0.468 e. The molecule has 2 aromatic heterocycles. The summed E-state index contributed by atoms with van der Waals surface area (Å²) in [4.78, 5) is 2.81. The number of thiophene rings is 1. The van der Waals surface area contributed by atoms with Gasteiger partial charge in [-0.05, 0) is 44.0 Å². The van der Waals surface area contributed by atoms with Gasteiger partial charge in [0.15, 0.2) is 0 Å². The predicted octanol–water partition coefficient (Wildman–Crippen LogP) is 4.79. The molecule has 0 aliphatic heterocycles. The molecule has 0 N–H and O–H groups in total. The fourth-order valence-electron chi connectivity index (χ4n) is 1.75. The molecule has 0 spiro atoms. The van der Waals surface area contributed by atoms with Gasteiger partial charge in [-0.25, -0.2) is 0 Å². The number of rotatable bonds is 3. The molecule has 0 bridgehead atoms. The Labute approximate surface area is 101 Å². The number of hydrogen-bond acceptors (Lipinski definition) is 2. The zero-order valence-electron chi connectivity index (χ0n) is 10.3. The summed E-state index contributed by atoms with van der Waals surface area (Å²) in [5, 5.41) is 0. The van der Waals surface area contributed by atoms with Crippen LogP contribution < -0.4 is 0 Å². The van der Waals surface area contributed by atoms with E-state index in [2.05, 4.69) is 45.9 Å². The Kier molecular flexibility index (Phi) is 2.94. The van der Waals surface area contributed by atoms with Crippen LogP contribution in [0, 0.1) is 0 Å². The molecule has 2 aromatic rings. The average Bonchev–Trinajstić information content (AvgIpc) is 2.90. The Balaban J connectivity index is 2.36. The van der Waals surface area contributed by atoms with Crippen molar-refractivity contribution < 1.29 is 4.42 Å². The van der Waals surface area contributed by atoms with Crippen LogP contribution in [0.4, 0.5) is 0 Å². The van der Waals surface area contributed by atoms with Crippen molar-refractivity contribution in [3.05, 3.63) is 46.0 Å². The Hall–Kier alpha value is -1.02. The highest BCUT2D eigenvalue weighted by atomic mass is 32.1. The van der Waals surface area contributed by atoms with Crippen LogP contribution in [0.1, 0.15) is 49.1 Å². The smallest absolute Gasteiger partial charge is 0.114 e. The van der Waals surface area contributed by atoms with E-state index in [1.54, 1.807) is 6.26 Å². The van der Waals surface area contributed by atoms with Crippen LogP contribution in [0.2, 0.25) is 0 Å². The van der Waals surface area contributed by atoms with Crippen molar-refractivity contribution in [1.29, 1.82) is 0 Å². The van der Waals surface area contributed by atoms with Crippen LogP contribution in [0.5, 0.6) is 0 Å². The molecular weight excluding hydrogens is 216 g/mol. The molecule has 0 aliphatic carbocycles. The third-order valence-corrected chi connectivity index (χ3v) is 4.66. The van der Waals surface area contributed by atoms with Gasteiger partial charge in [-0.2, -0.15) is 0 Å². The molecule has 2 heterocycles. The van der Waals surface area contributed by atoms with Gasteiger partial charge < -0.3 is 4.42 Å². The highest BCUT2D eigenvalue weighted by Gasteiger charge is 2.27. The summed E-state index contributed by atoms with van der Waals surface area (Å²) in [6.07, 6.45) is 1.74. The first-order valence-electron chi connectivity index (χ1n) is 5.66. The van der Waals surface area contributed by atoms with Crippen molar-refractivity contribution in [3.8, 4) is 0 Å². The molecule has 1 nitrogen and oxygen atoms in total. The molecule has 0 aromatic carbocycles. The van der Waals surface area contributed by atoms with Gasteiger partial charge in [0.05, 0.1) is 11.7 Å². The largest absolute Gasteiger partial charge is 0.468 e. The average molecular weight is 234 g/mol. The maximum absolute atomic E-state index is 5.53. The Morgan fingerprint density at radius 1 is 1.19 bits per heavy atom. The van der Waals surface area contributed by atoms with Crippen molar-refractivity contribution >= 4 is 11.3 Å². The Bertz CT molecular complexity index is 449. The fraction of sp³-hybridized carbons (Fsp3) is 0.429. The molecule has 0 amide bonds. The van der Waals surface area contributed by atoms with Gasteiger partial charge >= 0.3 is 0 Å². The quantitative estimate of drug-likeness (QED) is 0.744. The van der Waals surface area contributed by atoms with Gasteiger partial charge in [0, 0.05) is 9.75 Å². The summed E-state index contributed by atoms with van der Waals surface area (Å²) in [5.74, 6) is 1.64. The molecule has 86 valence electrons. The van der Waals surface area contributed by atoms with E-state index in [1.165, 1.54) is 9.75 Å².